The standard InChI is InChI=1S/C20H22Cl2N2O3/c1-4-24(11-18(25)23-20-16(21)6-5-7-17(20)22)19(26)12-27-15-9-8-13(2)14(3)10-15/h5-10H,4,11-12H2,1-3H3,(H,23,25). The Morgan fingerprint density at radius 2 is 1.74 bits per heavy atom. The molecule has 0 radical (unpaired) electrons. The molecule has 2 aromatic carbocycles. The number of hydrogen-bond donors (Lipinski definition) is 1. The van der Waals surface area contributed by atoms with Crippen LogP contribution in [0.2, 0.25) is 10.0 Å². The number of hydrogen-bond acceptors (Lipinski definition) is 3. The fourth-order valence-corrected chi connectivity index (χ4v) is 2.88. The Kier molecular flexibility index (Phi) is 7.51. The van der Waals surface area contributed by atoms with Crippen molar-refractivity contribution in [2.45, 2.75) is 20.8 Å². The molecule has 5 nitrogen and oxygen atoms in total. The molecule has 0 heterocycles. The molecule has 0 saturated carbocycles. The lowest BCUT2D eigenvalue weighted by atomic mass is 10.1. The first-order valence-electron chi connectivity index (χ1n) is 8.53. The number of nitrogens with zero attached hydrogens (tertiary/aromatic N) is 1. The first-order chi connectivity index (χ1) is 12.8. The molecule has 0 aliphatic heterocycles. The summed E-state index contributed by atoms with van der Waals surface area (Å²) in [5.74, 6) is -0.0442. The van der Waals surface area contributed by atoms with Gasteiger partial charge in [0.15, 0.2) is 6.61 Å². The van der Waals surface area contributed by atoms with Crippen LogP contribution in [0.15, 0.2) is 36.4 Å². The van der Waals surface area contributed by atoms with Crippen LogP contribution in [0.3, 0.4) is 0 Å². The Morgan fingerprint density at radius 1 is 1.07 bits per heavy atom. The van der Waals surface area contributed by atoms with E-state index in [1.165, 1.54) is 4.90 Å². The molecule has 2 amide bonds. The van der Waals surface area contributed by atoms with E-state index < -0.39 is 0 Å². The first-order valence-corrected chi connectivity index (χ1v) is 9.29. The van der Waals surface area contributed by atoms with Crippen LogP contribution in [-0.4, -0.2) is 36.4 Å². The zero-order valence-corrected chi connectivity index (χ0v) is 17.0. The monoisotopic (exact) mass is 408 g/mol. The molecule has 1 N–H and O–H groups in total. The lowest BCUT2D eigenvalue weighted by molar-refractivity contribution is -0.136. The van der Waals surface area contributed by atoms with Crippen molar-refractivity contribution in [3.05, 3.63) is 57.6 Å². The second kappa shape index (κ2) is 9.62. The molecule has 0 unspecified atom stereocenters. The maximum atomic E-state index is 12.4. The molecular weight excluding hydrogens is 387 g/mol. The maximum Gasteiger partial charge on any atom is 0.260 e. The van der Waals surface area contributed by atoms with Gasteiger partial charge < -0.3 is 15.0 Å². The van der Waals surface area contributed by atoms with Crippen LogP contribution < -0.4 is 10.1 Å². The van der Waals surface area contributed by atoms with Crippen LogP contribution in [0.25, 0.3) is 0 Å². The fraction of sp³-hybridized carbons (Fsp3) is 0.300. The van der Waals surface area contributed by atoms with Crippen molar-refractivity contribution in [2.24, 2.45) is 0 Å². The van der Waals surface area contributed by atoms with Gasteiger partial charge in [-0.1, -0.05) is 35.3 Å². The molecule has 27 heavy (non-hydrogen) atoms. The van der Waals surface area contributed by atoms with Gasteiger partial charge in [-0.05, 0) is 56.2 Å². The van der Waals surface area contributed by atoms with Gasteiger partial charge >= 0.3 is 0 Å². The summed E-state index contributed by atoms with van der Waals surface area (Å²) in [5, 5.41) is 3.32. The number of nitrogens with one attached hydrogen (secondary N) is 1. The van der Waals surface area contributed by atoms with Crippen molar-refractivity contribution in [2.75, 3.05) is 25.0 Å². The second-order valence-electron chi connectivity index (χ2n) is 6.09. The molecule has 0 spiro atoms. The zero-order chi connectivity index (χ0) is 20.0. The molecule has 0 fully saturated rings. The molecule has 2 rings (SSSR count). The quantitative estimate of drug-likeness (QED) is 0.734. The van der Waals surface area contributed by atoms with Crippen molar-refractivity contribution < 1.29 is 14.3 Å². The highest BCUT2D eigenvalue weighted by atomic mass is 35.5. The number of anilines is 1. The summed E-state index contributed by atoms with van der Waals surface area (Å²) in [7, 11) is 0. The molecular formula is C20H22Cl2N2O3. The van der Waals surface area contributed by atoms with Crippen LogP contribution in [0.1, 0.15) is 18.1 Å². The van der Waals surface area contributed by atoms with E-state index in [0.29, 0.717) is 28.0 Å². The molecule has 0 saturated heterocycles. The number of likely N-dealkylation sites (N-methyl/N-ethyl adjacent to an activating group) is 1. The number of aryl methyl sites for hydroxylation is 2. The predicted molar refractivity (Wildman–Crippen MR) is 109 cm³/mol. The largest absolute Gasteiger partial charge is 0.484 e. The van der Waals surface area contributed by atoms with Crippen molar-refractivity contribution in [1.29, 1.82) is 0 Å². The SMILES string of the molecule is CCN(CC(=O)Nc1c(Cl)cccc1Cl)C(=O)COc1ccc(C)c(C)c1. The topological polar surface area (TPSA) is 58.6 Å². The molecule has 144 valence electrons. The number of ether oxygens (including phenoxy) is 1. The number of carbonyl (C=O) groups is 2. The third kappa shape index (κ3) is 5.88. The molecule has 0 aliphatic carbocycles. The van der Waals surface area contributed by atoms with E-state index in [-0.39, 0.29) is 25.0 Å². The van der Waals surface area contributed by atoms with Gasteiger partial charge in [-0.25, -0.2) is 0 Å². The van der Waals surface area contributed by atoms with E-state index in [9.17, 15) is 9.59 Å². The van der Waals surface area contributed by atoms with E-state index in [0.717, 1.165) is 11.1 Å². The third-order valence-electron chi connectivity index (χ3n) is 4.14. The Hall–Kier alpha value is -2.24. The number of rotatable bonds is 7. The highest BCUT2D eigenvalue weighted by molar-refractivity contribution is 6.39. The summed E-state index contributed by atoms with van der Waals surface area (Å²) in [6.45, 7) is 5.89. The van der Waals surface area contributed by atoms with Crippen molar-refractivity contribution in [3.63, 3.8) is 0 Å². The Morgan fingerprint density at radius 3 is 2.33 bits per heavy atom. The number of benzene rings is 2. The van der Waals surface area contributed by atoms with Crippen LogP contribution in [-0.2, 0) is 9.59 Å². The molecule has 0 bridgehead atoms. The minimum atomic E-state index is -0.383. The van der Waals surface area contributed by atoms with Gasteiger partial charge in [0.2, 0.25) is 5.91 Å². The summed E-state index contributed by atoms with van der Waals surface area (Å²) in [4.78, 5) is 26.1. The van der Waals surface area contributed by atoms with Gasteiger partial charge in [0, 0.05) is 6.54 Å². The zero-order valence-electron chi connectivity index (χ0n) is 15.5. The Bertz CT molecular complexity index is 820. The van der Waals surface area contributed by atoms with Crippen LogP contribution in [0, 0.1) is 13.8 Å². The van der Waals surface area contributed by atoms with Crippen molar-refractivity contribution in [1.82, 2.24) is 4.90 Å². The van der Waals surface area contributed by atoms with Crippen LogP contribution in [0.5, 0.6) is 5.75 Å². The van der Waals surface area contributed by atoms with Gasteiger partial charge in [-0.3, -0.25) is 9.59 Å². The molecule has 0 aliphatic rings. The van der Waals surface area contributed by atoms with Gasteiger partial charge in [-0.2, -0.15) is 0 Å². The lowest BCUT2D eigenvalue weighted by Crippen LogP contribution is -2.40. The highest BCUT2D eigenvalue weighted by Gasteiger charge is 2.18. The molecule has 0 atom stereocenters. The highest BCUT2D eigenvalue weighted by Crippen LogP contribution is 2.29. The normalized spacial score (nSPS) is 10.4. The Labute approximate surface area is 169 Å². The predicted octanol–water partition coefficient (Wildman–Crippen LogP) is 4.48. The Balaban J connectivity index is 1.94. The smallest absolute Gasteiger partial charge is 0.260 e. The summed E-state index contributed by atoms with van der Waals surface area (Å²) in [5.41, 5.74) is 2.57. The van der Waals surface area contributed by atoms with E-state index in [1.807, 2.05) is 32.0 Å². The van der Waals surface area contributed by atoms with Gasteiger partial charge in [0.25, 0.3) is 5.91 Å². The number of amides is 2. The first kappa shape index (κ1) is 21.1. The van der Waals surface area contributed by atoms with E-state index in [2.05, 4.69) is 5.32 Å². The van der Waals surface area contributed by atoms with E-state index in [4.69, 9.17) is 27.9 Å². The summed E-state index contributed by atoms with van der Waals surface area (Å²) >= 11 is 12.1. The van der Waals surface area contributed by atoms with Crippen LogP contribution >= 0.6 is 23.2 Å². The third-order valence-corrected chi connectivity index (χ3v) is 4.77. The second-order valence-corrected chi connectivity index (χ2v) is 6.90. The minimum Gasteiger partial charge on any atom is -0.484 e. The number of carbonyl (C=O) groups excluding carboxylic acids is 2. The van der Waals surface area contributed by atoms with Crippen LogP contribution in [0.4, 0.5) is 5.69 Å². The summed E-state index contributed by atoms with van der Waals surface area (Å²) in [6.07, 6.45) is 0. The molecule has 2 aromatic rings. The van der Waals surface area contributed by atoms with Gasteiger partial charge in [0.1, 0.15) is 5.75 Å². The van der Waals surface area contributed by atoms with E-state index >= 15 is 0 Å². The molecule has 7 heteroatoms. The van der Waals surface area contributed by atoms with Crippen molar-refractivity contribution in [3.8, 4) is 5.75 Å². The van der Waals surface area contributed by atoms with E-state index in [1.54, 1.807) is 25.1 Å². The average molecular weight is 409 g/mol. The lowest BCUT2D eigenvalue weighted by Gasteiger charge is -2.21. The minimum absolute atomic E-state index is 0.118. The number of para-hydroxylation sites is 1. The van der Waals surface area contributed by atoms with Gasteiger partial charge in [0.05, 0.1) is 22.3 Å². The average Bonchev–Trinajstić information content (AvgIpc) is 2.63. The van der Waals surface area contributed by atoms with Gasteiger partial charge in [-0.15, -0.1) is 0 Å². The maximum absolute atomic E-state index is 12.4. The van der Waals surface area contributed by atoms with Crippen molar-refractivity contribution >= 4 is 40.7 Å². The summed E-state index contributed by atoms with van der Waals surface area (Å²) in [6, 6.07) is 10.6. The molecule has 0 aromatic heterocycles. The summed E-state index contributed by atoms with van der Waals surface area (Å²) < 4.78 is 5.56. The number of halogens is 2. The fourth-order valence-electron chi connectivity index (χ4n) is 2.39.